The SMILES string of the molecule is Oc1ccccc1-c1ccccc1.[Cu]. The average molecular weight is 234 g/mol. The first-order valence-electron chi connectivity index (χ1n) is 4.21. The Morgan fingerprint density at radius 3 is 1.93 bits per heavy atom. The first-order valence-corrected chi connectivity index (χ1v) is 4.21. The van der Waals surface area contributed by atoms with Gasteiger partial charge >= 0.3 is 0 Å². The number of phenolic OH excluding ortho intramolecular Hbond substituents is 1. The molecule has 1 nitrogen and oxygen atoms in total. The number of benzene rings is 2. The molecule has 0 aromatic heterocycles. The summed E-state index contributed by atoms with van der Waals surface area (Å²) < 4.78 is 0. The number of para-hydroxylation sites is 1. The Bertz CT molecular complexity index is 398. The molecule has 0 fully saturated rings. The number of hydrogen-bond donors (Lipinski definition) is 1. The maximum absolute atomic E-state index is 9.56. The first-order chi connectivity index (χ1) is 6.38. The smallest absolute Gasteiger partial charge is 0.123 e. The Labute approximate surface area is 93.9 Å². The van der Waals surface area contributed by atoms with Crippen molar-refractivity contribution in [1.82, 2.24) is 0 Å². The van der Waals surface area contributed by atoms with Gasteiger partial charge in [0.05, 0.1) is 0 Å². The predicted octanol–water partition coefficient (Wildman–Crippen LogP) is 3.06. The van der Waals surface area contributed by atoms with Crippen LogP contribution in [0.1, 0.15) is 0 Å². The molecule has 1 N–H and O–H groups in total. The molecular weight excluding hydrogens is 224 g/mol. The molecule has 0 aliphatic heterocycles. The van der Waals surface area contributed by atoms with Gasteiger partial charge in [-0.25, -0.2) is 0 Å². The van der Waals surface area contributed by atoms with Gasteiger partial charge in [0.25, 0.3) is 0 Å². The Hall–Kier alpha value is -1.24. The summed E-state index contributed by atoms with van der Waals surface area (Å²) in [6.07, 6.45) is 0. The van der Waals surface area contributed by atoms with Gasteiger partial charge in [-0.1, -0.05) is 48.5 Å². The summed E-state index contributed by atoms with van der Waals surface area (Å²) in [6, 6.07) is 17.2. The molecule has 0 spiro atoms. The minimum Gasteiger partial charge on any atom is -0.507 e. The topological polar surface area (TPSA) is 20.2 Å². The fourth-order valence-corrected chi connectivity index (χ4v) is 1.34. The Balaban J connectivity index is 0.000000980. The van der Waals surface area contributed by atoms with Crippen LogP contribution in [0.25, 0.3) is 11.1 Å². The van der Waals surface area contributed by atoms with Gasteiger partial charge in [-0.2, -0.15) is 0 Å². The van der Waals surface area contributed by atoms with Crippen LogP contribution in [0.4, 0.5) is 0 Å². The molecule has 0 atom stereocenters. The molecule has 0 bridgehead atoms. The third-order valence-electron chi connectivity index (χ3n) is 1.99. The van der Waals surface area contributed by atoms with Crippen LogP contribution in [-0.4, -0.2) is 5.11 Å². The van der Waals surface area contributed by atoms with Gasteiger partial charge in [0.1, 0.15) is 5.75 Å². The van der Waals surface area contributed by atoms with Gasteiger partial charge < -0.3 is 5.11 Å². The van der Waals surface area contributed by atoms with Crippen LogP contribution in [0, 0.1) is 0 Å². The molecule has 0 aliphatic rings. The second-order valence-electron chi connectivity index (χ2n) is 2.88. The van der Waals surface area contributed by atoms with Gasteiger partial charge in [-0.15, -0.1) is 0 Å². The summed E-state index contributed by atoms with van der Waals surface area (Å²) in [5, 5.41) is 9.56. The summed E-state index contributed by atoms with van der Waals surface area (Å²) in [7, 11) is 0. The third kappa shape index (κ3) is 2.16. The monoisotopic (exact) mass is 233 g/mol. The van der Waals surface area contributed by atoms with E-state index in [2.05, 4.69) is 0 Å². The van der Waals surface area contributed by atoms with Gasteiger partial charge in [0, 0.05) is 22.6 Å². The zero-order chi connectivity index (χ0) is 9.10. The van der Waals surface area contributed by atoms with Crippen molar-refractivity contribution in [3.05, 3.63) is 54.6 Å². The first kappa shape index (κ1) is 10.8. The van der Waals surface area contributed by atoms with Crippen LogP contribution >= 0.6 is 0 Å². The van der Waals surface area contributed by atoms with Gasteiger partial charge in [0.2, 0.25) is 0 Å². The molecule has 2 aromatic carbocycles. The number of aromatic hydroxyl groups is 1. The minimum absolute atomic E-state index is 0. The van der Waals surface area contributed by atoms with E-state index in [9.17, 15) is 5.11 Å². The van der Waals surface area contributed by atoms with Gasteiger partial charge in [0.15, 0.2) is 0 Å². The number of phenols is 1. The summed E-state index contributed by atoms with van der Waals surface area (Å²) in [6.45, 7) is 0. The summed E-state index contributed by atoms with van der Waals surface area (Å²) in [5.41, 5.74) is 1.92. The molecule has 14 heavy (non-hydrogen) atoms. The standard InChI is InChI=1S/C12H10O.Cu/c13-12-9-5-4-8-11(12)10-6-2-1-3-7-10;/h1-9,13H;. The second kappa shape index (κ2) is 4.85. The van der Waals surface area contributed by atoms with E-state index >= 15 is 0 Å². The molecule has 2 heteroatoms. The Morgan fingerprint density at radius 2 is 1.29 bits per heavy atom. The number of rotatable bonds is 1. The van der Waals surface area contributed by atoms with Crippen LogP contribution < -0.4 is 0 Å². The van der Waals surface area contributed by atoms with E-state index in [4.69, 9.17) is 0 Å². The maximum atomic E-state index is 9.56. The quantitative estimate of drug-likeness (QED) is 0.751. The summed E-state index contributed by atoms with van der Waals surface area (Å²) in [5.74, 6) is 0.328. The van der Waals surface area contributed by atoms with E-state index in [1.54, 1.807) is 6.07 Å². The molecule has 1 radical (unpaired) electrons. The average Bonchev–Trinajstić information content (AvgIpc) is 2.20. The van der Waals surface area contributed by atoms with E-state index in [0.29, 0.717) is 5.75 Å². The molecule has 0 saturated heterocycles. The van der Waals surface area contributed by atoms with E-state index in [1.807, 2.05) is 48.5 Å². The van der Waals surface area contributed by atoms with Crippen molar-refractivity contribution < 1.29 is 22.2 Å². The Kier molecular flexibility index (Phi) is 3.75. The van der Waals surface area contributed by atoms with Crippen molar-refractivity contribution in [3.63, 3.8) is 0 Å². The van der Waals surface area contributed by atoms with E-state index in [-0.39, 0.29) is 17.1 Å². The summed E-state index contributed by atoms with van der Waals surface area (Å²) in [4.78, 5) is 0. The van der Waals surface area contributed by atoms with E-state index in [0.717, 1.165) is 11.1 Å². The molecule has 0 amide bonds. The van der Waals surface area contributed by atoms with Crippen molar-refractivity contribution in [3.8, 4) is 16.9 Å². The summed E-state index contributed by atoms with van der Waals surface area (Å²) >= 11 is 0. The minimum atomic E-state index is 0. The predicted molar refractivity (Wildman–Crippen MR) is 53.5 cm³/mol. The molecule has 0 heterocycles. The zero-order valence-corrected chi connectivity index (χ0v) is 8.39. The fourth-order valence-electron chi connectivity index (χ4n) is 1.34. The molecule has 0 aliphatic carbocycles. The van der Waals surface area contributed by atoms with Crippen molar-refractivity contribution in [2.45, 2.75) is 0 Å². The van der Waals surface area contributed by atoms with Crippen molar-refractivity contribution >= 4 is 0 Å². The van der Waals surface area contributed by atoms with Crippen LogP contribution in [0.3, 0.4) is 0 Å². The fraction of sp³-hybridized carbons (Fsp3) is 0. The van der Waals surface area contributed by atoms with Crippen LogP contribution in [0.2, 0.25) is 0 Å². The van der Waals surface area contributed by atoms with Crippen LogP contribution in [0.15, 0.2) is 54.6 Å². The molecular formula is C12H10CuO. The normalized spacial score (nSPS) is 9.14. The molecule has 2 aromatic rings. The Morgan fingerprint density at radius 1 is 0.714 bits per heavy atom. The molecule has 0 saturated carbocycles. The van der Waals surface area contributed by atoms with E-state index < -0.39 is 0 Å². The van der Waals surface area contributed by atoms with E-state index in [1.165, 1.54) is 0 Å². The third-order valence-corrected chi connectivity index (χ3v) is 1.99. The molecule has 75 valence electrons. The second-order valence-corrected chi connectivity index (χ2v) is 2.88. The van der Waals surface area contributed by atoms with Crippen molar-refractivity contribution in [2.24, 2.45) is 0 Å². The zero-order valence-electron chi connectivity index (χ0n) is 7.44. The van der Waals surface area contributed by atoms with Crippen LogP contribution in [0.5, 0.6) is 5.75 Å². The van der Waals surface area contributed by atoms with Gasteiger partial charge in [-0.05, 0) is 11.6 Å². The van der Waals surface area contributed by atoms with Crippen molar-refractivity contribution in [2.75, 3.05) is 0 Å². The van der Waals surface area contributed by atoms with Gasteiger partial charge in [-0.3, -0.25) is 0 Å². The maximum Gasteiger partial charge on any atom is 0.123 e. The van der Waals surface area contributed by atoms with Crippen LogP contribution in [-0.2, 0) is 17.1 Å². The largest absolute Gasteiger partial charge is 0.507 e. The number of hydrogen-bond acceptors (Lipinski definition) is 1. The van der Waals surface area contributed by atoms with Crippen molar-refractivity contribution in [1.29, 1.82) is 0 Å². The molecule has 0 unspecified atom stereocenters. The molecule has 2 rings (SSSR count).